The summed E-state index contributed by atoms with van der Waals surface area (Å²) in [6.45, 7) is 3.52. The molecule has 2 aliphatic rings. The van der Waals surface area contributed by atoms with Crippen LogP contribution in [-0.2, 0) is 44.7 Å². The zero-order valence-corrected chi connectivity index (χ0v) is 25.4. The van der Waals surface area contributed by atoms with Gasteiger partial charge in [-0.1, -0.05) is 11.6 Å². The van der Waals surface area contributed by atoms with Crippen molar-refractivity contribution in [2.45, 2.75) is 64.5 Å². The molecule has 38 heavy (non-hydrogen) atoms. The Labute approximate surface area is 244 Å². The first-order valence-corrected chi connectivity index (χ1v) is 13.0. The molecule has 0 unspecified atom stereocenters. The number of ether oxygens (including phenoxy) is 2. The number of nitrogens with zero attached hydrogens (tertiary/aromatic N) is 5. The number of halogens is 4. The Kier molecular flexibility index (Phi) is 14.5. The van der Waals surface area contributed by atoms with E-state index in [9.17, 15) is 9.59 Å². The lowest BCUT2D eigenvalue weighted by Crippen LogP contribution is -2.38. The molecule has 0 saturated carbocycles. The molecule has 4 rings (SSSR count). The van der Waals surface area contributed by atoms with Crippen molar-refractivity contribution >= 4 is 65.0 Å². The van der Waals surface area contributed by atoms with Crippen LogP contribution in [0.3, 0.4) is 0 Å². The van der Waals surface area contributed by atoms with Crippen LogP contribution in [0.4, 0.5) is 5.82 Å². The van der Waals surface area contributed by atoms with Gasteiger partial charge in [-0.25, -0.2) is 24.7 Å². The van der Waals surface area contributed by atoms with Gasteiger partial charge in [0, 0.05) is 18.2 Å². The molecule has 212 valence electrons. The molecule has 0 saturated heterocycles. The molecule has 2 heterocycles. The van der Waals surface area contributed by atoms with Gasteiger partial charge in [-0.2, -0.15) is 0 Å². The molecule has 10 nitrogen and oxygen atoms in total. The second-order valence-electron chi connectivity index (χ2n) is 8.50. The second kappa shape index (κ2) is 16.2. The van der Waals surface area contributed by atoms with E-state index in [1.54, 1.807) is 25.8 Å². The summed E-state index contributed by atoms with van der Waals surface area (Å²) in [5, 5.41) is 3.76. The SMILES string of the molecule is CN[C@H](C)C(=O)OC.COC(=O)[C@@H](C)N(C)c1nc(Cl)nc2c1CCC2.Cl.Clc1nc(Cl)c2c(n1)CCC2. The number of rotatable bonds is 5. The van der Waals surface area contributed by atoms with Gasteiger partial charge < -0.3 is 19.7 Å². The molecule has 1 N–H and O–H groups in total. The van der Waals surface area contributed by atoms with Gasteiger partial charge >= 0.3 is 11.9 Å². The molecular weight excluding hydrogens is 578 g/mol. The molecule has 0 radical (unpaired) electrons. The Hall–Kier alpha value is -1.98. The molecule has 2 aromatic heterocycles. The Morgan fingerprint density at radius 1 is 0.842 bits per heavy atom. The topological polar surface area (TPSA) is 119 Å². The summed E-state index contributed by atoms with van der Waals surface area (Å²) < 4.78 is 9.15. The number of nitrogens with one attached hydrogen (secondary N) is 1. The number of anilines is 1. The van der Waals surface area contributed by atoms with Crippen LogP contribution >= 0.6 is 47.2 Å². The number of hydrogen-bond donors (Lipinski definition) is 1. The number of aryl methyl sites for hydroxylation is 2. The summed E-state index contributed by atoms with van der Waals surface area (Å²) in [5.74, 6) is 0.215. The van der Waals surface area contributed by atoms with Crippen LogP contribution < -0.4 is 10.2 Å². The van der Waals surface area contributed by atoms with Gasteiger partial charge in [0.05, 0.1) is 25.6 Å². The highest BCUT2D eigenvalue weighted by atomic mass is 35.5. The Morgan fingerprint density at radius 2 is 1.34 bits per heavy atom. The molecule has 2 aliphatic carbocycles. The first-order chi connectivity index (χ1) is 17.5. The van der Waals surface area contributed by atoms with E-state index in [4.69, 9.17) is 39.5 Å². The first-order valence-electron chi connectivity index (χ1n) is 11.9. The van der Waals surface area contributed by atoms with Crippen LogP contribution in [0.5, 0.6) is 0 Å². The zero-order chi connectivity index (χ0) is 27.7. The number of fused-ring (bicyclic) bond motifs is 2. The molecular formula is C24H34Cl4N6O4. The van der Waals surface area contributed by atoms with Crippen molar-refractivity contribution in [3.63, 3.8) is 0 Å². The number of likely N-dealkylation sites (N-methyl/N-ethyl adjacent to an activating group) is 2. The maximum absolute atomic E-state index is 11.6. The zero-order valence-electron chi connectivity index (χ0n) is 22.3. The van der Waals surface area contributed by atoms with Gasteiger partial charge in [0.25, 0.3) is 0 Å². The monoisotopic (exact) mass is 610 g/mol. The summed E-state index contributed by atoms with van der Waals surface area (Å²) in [4.78, 5) is 40.3. The Bertz CT molecular complexity index is 1110. The van der Waals surface area contributed by atoms with Crippen molar-refractivity contribution < 1.29 is 19.1 Å². The minimum atomic E-state index is -0.398. The predicted octanol–water partition coefficient (Wildman–Crippen LogP) is 4.08. The van der Waals surface area contributed by atoms with Crippen LogP contribution in [0.1, 0.15) is 49.2 Å². The van der Waals surface area contributed by atoms with E-state index in [2.05, 4.69) is 30.0 Å². The van der Waals surface area contributed by atoms with Crippen molar-refractivity contribution in [1.82, 2.24) is 25.3 Å². The summed E-state index contributed by atoms with van der Waals surface area (Å²) in [6, 6.07) is -0.592. The maximum Gasteiger partial charge on any atom is 0.328 e. The molecule has 0 aliphatic heterocycles. The van der Waals surface area contributed by atoms with E-state index in [0.29, 0.717) is 5.15 Å². The average molecular weight is 612 g/mol. The van der Waals surface area contributed by atoms with Gasteiger partial charge in [0.2, 0.25) is 10.6 Å². The summed E-state index contributed by atoms with van der Waals surface area (Å²) in [5.41, 5.74) is 4.19. The van der Waals surface area contributed by atoms with E-state index >= 15 is 0 Å². The third-order valence-electron chi connectivity index (χ3n) is 6.18. The molecule has 0 spiro atoms. The van der Waals surface area contributed by atoms with Gasteiger partial charge in [-0.05, 0) is 82.6 Å². The molecule has 2 atom stereocenters. The van der Waals surface area contributed by atoms with E-state index in [-0.39, 0.29) is 41.0 Å². The van der Waals surface area contributed by atoms with Gasteiger partial charge in [-0.15, -0.1) is 12.4 Å². The predicted molar refractivity (Wildman–Crippen MR) is 151 cm³/mol. The highest BCUT2D eigenvalue weighted by Gasteiger charge is 2.26. The van der Waals surface area contributed by atoms with Gasteiger partial charge in [-0.3, -0.25) is 4.79 Å². The van der Waals surface area contributed by atoms with Crippen molar-refractivity contribution in [3.8, 4) is 0 Å². The van der Waals surface area contributed by atoms with Gasteiger partial charge in [0.15, 0.2) is 0 Å². The lowest BCUT2D eigenvalue weighted by Gasteiger charge is -2.25. The van der Waals surface area contributed by atoms with E-state index in [1.807, 2.05) is 7.05 Å². The van der Waals surface area contributed by atoms with Crippen LogP contribution in [0.15, 0.2) is 0 Å². The Balaban J connectivity index is 0.000000309. The van der Waals surface area contributed by atoms with Gasteiger partial charge in [0.1, 0.15) is 23.1 Å². The summed E-state index contributed by atoms with van der Waals surface area (Å²) >= 11 is 17.4. The molecule has 0 fully saturated rings. The Morgan fingerprint density at radius 3 is 1.84 bits per heavy atom. The lowest BCUT2D eigenvalue weighted by atomic mass is 10.2. The molecule has 0 bridgehead atoms. The highest BCUT2D eigenvalue weighted by molar-refractivity contribution is 6.32. The van der Waals surface area contributed by atoms with Crippen LogP contribution in [-0.4, -0.2) is 72.3 Å². The number of hydrogen-bond acceptors (Lipinski definition) is 10. The largest absolute Gasteiger partial charge is 0.468 e. The maximum atomic E-state index is 11.6. The third-order valence-corrected chi connectivity index (χ3v) is 6.84. The smallest absolute Gasteiger partial charge is 0.328 e. The summed E-state index contributed by atoms with van der Waals surface area (Å²) in [6.07, 6.45) is 6.00. The molecule has 2 aromatic rings. The second-order valence-corrected chi connectivity index (χ2v) is 9.53. The van der Waals surface area contributed by atoms with Crippen molar-refractivity contribution in [2.75, 3.05) is 33.2 Å². The van der Waals surface area contributed by atoms with Crippen molar-refractivity contribution in [3.05, 3.63) is 38.2 Å². The van der Waals surface area contributed by atoms with E-state index < -0.39 is 6.04 Å². The molecule has 14 heteroatoms. The van der Waals surface area contributed by atoms with Crippen molar-refractivity contribution in [1.29, 1.82) is 0 Å². The third kappa shape index (κ3) is 9.05. The minimum Gasteiger partial charge on any atom is -0.468 e. The quantitative estimate of drug-likeness (QED) is 0.301. The average Bonchev–Trinajstić information content (AvgIpc) is 3.56. The standard InChI is InChI=1S/C12H16ClN3O2.C7H6Cl2N2.C5H11NO2.ClH/c1-7(11(17)18-3)16(2)10-8-5-4-6-9(8)14-12(13)15-10;8-6-4-2-1-3-5(4)10-7(9)11-6;1-4(6-2)5(7)8-3;/h7H,4-6H2,1-3H3;1-3H2;4,6H,1-3H3;1H/t7-;;4-;/m1.1./s1. The van der Waals surface area contributed by atoms with E-state index in [1.165, 1.54) is 14.2 Å². The number of methoxy groups -OCH3 is 2. The van der Waals surface area contributed by atoms with Crippen LogP contribution in [0, 0.1) is 0 Å². The summed E-state index contributed by atoms with van der Waals surface area (Å²) in [7, 11) is 6.28. The van der Waals surface area contributed by atoms with Crippen LogP contribution in [0.2, 0.25) is 15.7 Å². The molecule has 0 aromatic carbocycles. The first kappa shape index (κ1) is 34.0. The number of carbonyl (C=O) groups is 2. The highest BCUT2D eigenvalue weighted by Crippen LogP contribution is 2.30. The van der Waals surface area contributed by atoms with E-state index in [0.717, 1.165) is 66.9 Å². The van der Waals surface area contributed by atoms with Crippen LogP contribution in [0.25, 0.3) is 0 Å². The number of esters is 2. The number of aromatic nitrogens is 4. The normalized spacial score (nSPS) is 14.2. The fraction of sp³-hybridized carbons (Fsp3) is 0.583. The fourth-order valence-corrected chi connectivity index (χ4v) is 4.54. The molecule has 0 amide bonds. The number of carbonyl (C=O) groups excluding carboxylic acids is 2. The van der Waals surface area contributed by atoms with Crippen molar-refractivity contribution in [2.24, 2.45) is 0 Å². The fourth-order valence-electron chi connectivity index (χ4n) is 3.84. The lowest BCUT2D eigenvalue weighted by molar-refractivity contribution is -0.143. The minimum absolute atomic E-state index is 0.